The third-order valence-electron chi connectivity index (χ3n) is 3.97. The standard InChI is InChI=1S/C18H18ClN5O3S/c1-26-11-7-8-13(19)12(9-11)15(25)10-23-18(28)24(17(20)22-23)21-14-5-3-4-6-16(14)27-2/h3-9,21H,10H2,1-2H3,(H2,20,22). The number of methoxy groups -OCH3 is 2. The summed E-state index contributed by atoms with van der Waals surface area (Å²) in [5.74, 6) is 0.956. The Balaban J connectivity index is 1.88. The van der Waals surface area contributed by atoms with E-state index in [-0.39, 0.29) is 23.0 Å². The fraction of sp³-hybridized carbons (Fsp3) is 0.167. The average Bonchev–Trinajstić information content (AvgIpc) is 2.96. The van der Waals surface area contributed by atoms with Crippen molar-refractivity contribution in [3.8, 4) is 11.5 Å². The summed E-state index contributed by atoms with van der Waals surface area (Å²) < 4.78 is 13.4. The topological polar surface area (TPSA) is 96.3 Å². The van der Waals surface area contributed by atoms with Crippen molar-refractivity contribution in [2.24, 2.45) is 0 Å². The number of ether oxygens (including phenoxy) is 2. The number of nitrogen functional groups attached to an aromatic ring is 1. The molecule has 28 heavy (non-hydrogen) atoms. The molecule has 0 amide bonds. The molecule has 0 unspecified atom stereocenters. The molecule has 1 heterocycles. The summed E-state index contributed by atoms with van der Waals surface area (Å²) in [6, 6.07) is 12.1. The van der Waals surface area contributed by atoms with E-state index < -0.39 is 0 Å². The van der Waals surface area contributed by atoms with Gasteiger partial charge in [-0.25, -0.2) is 4.68 Å². The van der Waals surface area contributed by atoms with E-state index in [1.807, 2.05) is 12.1 Å². The molecule has 3 aromatic rings. The number of rotatable bonds is 7. The molecule has 0 aliphatic carbocycles. The van der Waals surface area contributed by atoms with Gasteiger partial charge in [-0.15, -0.1) is 5.10 Å². The summed E-state index contributed by atoms with van der Waals surface area (Å²) in [5.41, 5.74) is 9.98. The number of hydrogen-bond donors (Lipinski definition) is 2. The van der Waals surface area contributed by atoms with Crippen molar-refractivity contribution in [1.29, 1.82) is 0 Å². The van der Waals surface area contributed by atoms with Crippen LogP contribution < -0.4 is 20.6 Å². The van der Waals surface area contributed by atoms with Crippen LogP contribution in [-0.4, -0.2) is 34.5 Å². The first-order chi connectivity index (χ1) is 13.4. The molecule has 10 heteroatoms. The zero-order chi connectivity index (χ0) is 20.3. The van der Waals surface area contributed by atoms with Gasteiger partial charge in [-0.2, -0.15) is 4.68 Å². The van der Waals surface area contributed by atoms with Crippen molar-refractivity contribution in [2.75, 3.05) is 25.4 Å². The van der Waals surface area contributed by atoms with Crippen molar-refractivity contribution in [3.63, 3.8) is 0 Å². The lowest BCUT2D eigenvalue weighted by molar-refractivity contribution is 0.0967. The van der Waals surface area contributed by atoms with Crippen LogP contribution in [0.1, 0.15) is 10.4 Å². The van der Waals surface area contributed by atoms with Gasteiger partial charge in [0.15, 0.2) is 5.78 Å². The minimum Gasteiger partial charge on any atom is -0.497 e. The number of anilines is 2. The smallest absolute Gasteiger partial charge is 0.240 e. The molecule has 0 saturated carbocycles. The molecule has 0 radical (unpaired) electrons. The molecule has 1 aromatic heterocycles. The molecule has 3 rings (SSSR count). The number of nitrogens with two attached hydrogens (primary N) is 1. The van der Waals surface area contributed by atoms with Crippen LogP contribution in [0.2, 0.25) is 5.02 Å². The van der Waals surface area contributed by atoms with Gasteiger partial charge < -0.3 is 15.2 Å². The highest BCUT2D eigenvalue weighted by atomic mass is 35.5. The van der Waals surface area contributed by atoms with Crippen LogP contribution in [0.5, 0.6) is 11.5 Å². The monoisotopic (exact) mass is 419 g/mol. The number of nitrogens with zero attached hydrogens (tertiary/aromatic N) is 3. The molecule has 0 atom stereocenters. The number of benzene rings is 2. The van der Waals surface area contributed by atoms with E-state index >= 15 is 0 Å². The summed E-state index contributed by atoms with van der Waals surface area (Å²) in [7, 11) is 3.07. The highest BCUT2D eigenvalue weighted by molar-refractivity contribution is 7.71. The van der Waals surface area contributed by atoms with Crippen molar-refractivity contribution in [2.45, 2.75) is 6.54 Å². The molecule has 0 spiro atoms. The number of carbonyl (C=O) groups excluding carboxylic acids is 1. The Morgan fingerprint density at radius 1 is 1.25 bits per heavy atom. The lowest BCUT2D eigenvalue weighted by Gasteiger charge is -2.11. The fourth-order valence-corrected chi connectivity index (χ4v) is 3.02. The van der Waals surface area contributed by atoms with Gasteiger partial charge in [-0.1, -0.05) is 23.7 Å². The van der Waals surface area contributed by atoms with Gasteiger partial charge in [0, 0.05) is 5.56 Å². The predicted molar refractivity (Wildman–Crippen MR) is 110 cm³/mol. The van der Waals surface area contributed by atoms with E-state index in [2.05, 4.69) is 10.5 Å². The Hall–Kier alpha value is -3.04. The van der Waals surface area contributed by atoms with Gasteiger partial charge in [0.2, 0.25) is 10.7 Å². The first-order valence-electron chi connectivity index (χ1n) is 8.16. The van der Waals surface area contributed by atoms with Crippen LogP contribution in [0.25, 0.3) is 0 Å². The Morgan fingerprint density at radius 3 is 2.71 bits per heavy atom. The number of ketones is 1. The van der Waals surface area contributed by atoms with E-state index in [0.717, 1.165) is 0 Å². The summed E-state index contributed by atoms with van der Waals surface area (Å²) in [6.45, 7) is -0.128. The Morgan fingerprint density at radius 2 is 2.00 bits per heavy atom. The van der Waals surface area contributed by atoms with E-state index in [1.165, 1.54) is 16.5 Å². The molecule has 8 nitrogen and oxygen atoms in total. The molecule has 0 saturated heterocycles. The summed E-state index contributed by atoms with van der Waals surface area (Å²) in [4.78, 5) is 12.7. The second kappa shape index (κ2) is 8.32. The molecule has 0 aliphatic heterocycles. The number of halogens is 1. The van der Waals surface area contributed by atoms with Crippen LogP contribution >= 0.6 is 23.8 Å². The molecule has 3 N–H and O–H groups in total. The number of nitrogens with one attached hydrogen (secondary N) is 1. The second-order valence-corrected chi connectivity index (χ2v) is 6.49. The molecular weight excluding hydrogens is 402 g/mol. The van der Waals surface area contributed by atoms with Crippen LogP contribution in [-0.2, 0) is 6.54 Å². The molecule has 146 valence electrons. The molecule has 0 fully saturated rings. The maximum atomic E-state index is 12.7. The number of carbonyl (C=O) groups is 1. The van der Waals surface area contributed by atoms with Crippen LogP contribution in [0, 0.1) is 4.77 Å². The zero-order valence-electron chi connectivity index (χ0n) is 15.2. The largest absolute Gasteiger partial charge is 0.497 e. The number of Topliss-reactive ketones (excluding diaryl/α,β-unsaturated/α-hetero) is 1. The van der Waals surface area contributed by atoms with Crippen molar-refractivity contribution in [1.82, 2.24) is 14.5 Å². The Labute approximate surface area is 171 Å². The highest BCUT2D eigenvalue weighted by Gasteiger charge is 2.16. The summed E-state index contributed by atoms with van der Waals surface area (Å²) in [5, 5.41) is 4.47. The lowest BCUT2D eigenvalue weighted by Crippen LogP contribution is -2.15. The lowest BCUT2D eigenvalue weighted by atomic mass is 10.1. The van der Waals surface area contributed by atoms with Gasteiger partial charge in [0.05, 0.1) is 24.9 Å². The third kappa shape index (κ3) is 3.95. The van der Waals surface area contributed by atoms with Gasteiger partial charge in [0.25, 0.3) is 0 Å². The first-order valence-corrected chi connectivity index (χ1v) is 8.95. The number of hydrogen-bond acceptors (Lipinski definition) is 7. The highest BCUT2D eigenvalue weighted by Crippen LogP contribution is 2.25. The van der Waals surface area contributed by atoms with Crippen molar-refractivity contribution in [3.05, 3.63) is 57.8 Å². The summed E-state index contributed by atoms with van der Waals surface area (Å²) in [6.07, 6.45) is 0. The SMILES string of the molecule is COc1ccc(Cl)c(C(=O)Cn2nc(N)n(Nc3ccccc3OC)c2=S)c1. The van der Waals surface area contributed by atoms with Crippen LogP contribution in [0.4, 0.5) is 11.6 Å². The molecule has 0 bridgehead atoms. The van der Waals surface area contributed by atoms with Gasteiger partial charge in [-0.3, -0.25) is 10.2 Å². The second-order valence-electron chi connectivity index (χ2n) is 5.71. The molecular formula is C18H18ClN5O3S. The maximum Gasteiger partial charge on any atom is 0.240 e. The van der Waals surface area contributed by atoms with Crippen LogP contribution in [0.15, 0.2) is 42.5 Å². The van der Waals surface area contributed by atoms with Crippen molar-refractivity contribution < 1.29 is 14.3 Å². The normalized spacial score (nSPS) is 10.5. The third-order valence-corrected chi connectivity index (χ3v) is 4.69. The Bertz CT molecular complexity index is 1080. The minimum atomic E-state index is -0.276. The minimum absolute atomic E-state index is 0.0976. The van der Waals surface area contributed by atoms with Gasteiger partial charge >= 0.3 is 0 Å². The number of aromatic nitrogens is 3. The van der Waals surface area contributed by atoms with E-state index in [9.17, 15) is 4.79 Å². The number of para-hydroxylation sites is 2. The van der Waals surface area contributed by atoms with E-state index in [0.29, 0.717) is 27.8 Å². The molecule has 0 aliphatic rings. The quantitative estimate of drug-likeness (QED) is 0.447. The summed E-state index contributed by atoms with van der Waals surface area (Å²) >= 11 is 11.6. The van der Waals surface area contributed by atoms with Crippen molar-refractivity contribution >= 4 is 41.2 Å². The van der Waals surface area contributed by atoms with E-state index in [1.54, 1.807) is 37.4 Å². The van der Waals surface area contributed by atoms with E-state index in [4.69, 9.17) is 39.0 Å². The predicted octanol–water partition coefficient (Wildman–Crippen LogP) is 3.42. The van der Waals surface area contributed by atoms with Crippen LogP contribution in [0.3, 0.4) is 0 Å². The van der Waals surface area contributed by atoms with Gasteiger partial charge in [-0.05, 0) is 42.5 Å². The first kappa shape index (κ1) is 19.7. The molecule has 2 aromatic carbocycles. The van der Waals surface area contributed by atoms with Gasteiger partial charge in [0.1, 0.15) is 18.0 Å². The zero-order valence-corrected chi connectivity index (χ0v) is 16.8. The fourth-order valence-electron chi connectivity index (χ4n) is 2.56. The average molecular weight is 420 g/mol. The maximum absolute atomic E-state index is 12.7. The Kier molecular flexibility index (Phi) is 5.86.